The SMILES string of the molecule is CCn1c(CC2CCNCC2)nn(CC2CC(c3ccccc3)=NO2)c1=O. The smallest absolute Gasteiger partial charge is 0.346 e. The Morgan fingerprint density at radius 2 is 2.00 bits per heavy atom. The lowest BCUT2D eigenvalue weighted by atomic mass is 9.94. The Morgan fingerprint density at radius 1 is 1.22 bits per heavy atom. The summed E-state index contributed by atoms with van der Waals surface area (Å²) in [6, 6.07) is 10.0. The summed E-state index contributed by atoms with van der Waals surface area (Å²) in [4.78, 5) is 18.3. The highest BCUT2D eigenvalue weighted by atomic mass is 16.6. The van der Waals surface area contributed by atoms with Gasteiger partial charge in [0.15, 0.2) is 6.10 Å². The fourth-order valence-electron chi connectivity index (χ4n) is 3.94. The molecule has 1 aromatic carbocycles. The molecule has 0 spiro atoms. The summed E-state index contributed by atoms with van der Waals surface area (Å²) >= 11 is 0. The monoisotopic (exact) mass is 369 g/mol. The number of aromatic nitrogens is 3. The first-order chi connectivity index (χ1) is 13.2. The molecule has 27 heavy (non-hydrogen) atoms. The van der Waals surface area contributed by atoms with Crippen molar-refractivity contribution in [2.24, 2.45) is 11.1 Å². The van der Waals surface area contributed by atoms with Crippen LogP contribution in [0.2, 0.25) is 0 Å². The van der Waals surface area contributed by atoms with E-state index < -0.39 is 0 Å². The number of nitrogens with zero attached hydrogens (tertiary/aromatic N) is 4. The zero-order valence-corrected chi connectivity index (χ0v) is 15.8. The molecule has 2 aliphatic rings. The zero-order chi connectivity index (χ0) is 18.6. The first-order valence-electron chi connectivity index (χ1n) is 9.90. The molecule has 2 aromatic rings. The molecule has 0 amide bonds. The van der Waals surface area contributed by atoms with Crippen LogP contribution >= 0.6 is 0 Å². The lowest BCUT2D eigenvalue weighted by Crippen LogP contribution is -2.30. The molecular formula is C20H27N5O2. The molecule has 0 bridgehead atoms. The number of hydrogen-bond donors (Lipinski definition) is 1. The van der Waals surface area contributed by atoms with E-state index in [1.54, 1.807) is 9.25 Å². The number of hydrogen-bond acceptors (Lipinski definition) is 5. The van der Waals surface area contributed by atoms with Crippen molar-refractivity contribution in [3.8, 4) is 0 Å². The Hall–Kier alpha value is -2.41. The van der Waals surface area contributed by atoms with Crippen molar-refractivity contribution in [2.75, 3.05) is 13.1 Å². The predicted molar refractivity (Wildman–Crippen MR) is 104 cm³/mol. The Bertz CT molecular complexity index is 849. The highest BCUT2D eigenvalue weighted by molar-refractivity contribution is 6.01. The van der Waals surface area contributed by atoms with Crippen LogP contribution in [0.15, 0.2) is 40.3 Å². The van der Waals surface area contributed by atoms with E-state index in [9.17, 15) is 4.79 Å². The molecule has 7 nitrogen and oxygen atoms in total. The van der Waals surface area contributed by atoms with Crippen molar-refractivity contribution in [2.45, 2.75) is 51.8 Å². The van der Waals surface area contributed by atoms with Crippen LogP contribution in [0, 0.1) is 5.92 Å². The molecule has 144 valence electrons. The van der Waals surface area contributed by atoms with Crippen molar-refractivity contribution in [1.29, 1.82) is 0 Å². The first-order valence-corrected chi connectivity index (χ1v) is 9.90. The van der Waals surface area contributed by atoms with E-state index in [1.807, 2.05) is 37.3 Å². The first kappa shape index (κ1) is 18.0. The van der Waals surface area contributed by atoms with Crippen LogP contribution in [-0.2, 0) is 24.3 Å². The molecule has 4 rings (SSSR count). The third kappa shape index (κ3) is 3.98. The number of oxime groups is 1. The Labute approximate surface area is 159 Å². The molecular weight excluding hydrogens is 342 g/mol. The fourth-order valence-corrected chi connectivity index (χ4v) is 3.94. The van der Waals surface area contributed by atoms with Crippen molar-refractivity contribution in [1.82, 2.24) is 19.7 Å². The third-order valence-electron chi connectivity index (χ3n) is 5.46. The van der Waals surface area contributed by atoms with Gasteiger partial charge in [-0.3, -0.25) is 4.57 Å². The van der Waals surface area contributed by atoms with Gasteiger partial charge in [-0.05, 0) is 44.3 Å². The highest BCUT2D eigenvalue weighted by Gasteiger charge is 2.25. The topological polar surface area (TPSA) is 73.4 Å². The number of benzene rings is 1. The van der Waals surface area contributed by atoms with Gasteiger partial charge in [-0.25, -0.2) is 9.48 Å². The summed E-state index contributed by atoms with van der Waals surface area (Å²) in [5, 5.41) is 12.3. The molecule has 1 atom stereocenters. The van der Waals surface area contributed by atoms with Gasteiger partial charge in [0.25, 0.3) is 0 Å². The third-order valence-corrected chi connectivity index (χ3v) is 5.46. The molecule has 3 heterocycles. The normalized spacial score (nSPS) is 20.5. The average Bonchev–Trinajstić information content (AvgIpc) is 3.28. The van der Waals surface area contributed by atoms with Gasteiger partial charge in [0.2, 0.25) is 0 Å². The fraction of sp³-hybridized carbons (Fsp3) is 0.550. The number of nitrogens with one attached hydrogen (secondary N) is 1. The van der Waals surface area contributed by atoms with Crippen LogP contribution in [0.3, 0.4) is 0 Å². The summed E-state index contributed by atoms with van der Waals surface area (Å²) in [7, 11) is 0. The van der Waals surface area contributed by atoms with Crippen molar-refractivity contribution in [3.05, 3.63) is 52.2 Å². The second-order valence-electron chi connectivity index (χ2n) is 7.36. The summed E-state index contributed by atoms with van der Waals surface area (Å²) in [6.07, 6.45) is 3.70. The number of piperidine rings is 1. The molecule has 0 aliphatic carbocycles. The second kappa shape index (κ2) is 8.08. The standard InChI is InChI=1S/C20H27N5O2/c1-2-24-19(12-15-8-10-21-11-9-15)22-25(20(24)26)14-17-13-18(23-27-17)16-6-4-3-5-7-16/h3-7,15,17,21H,2,8-14H2,1H3. The molecule has 2 aliphatic heterocycles. The van der Waals surface area contributed by atoms with E-state index in [0.29, 0.717) is 25.4 Å². The quantitative estimate of drug-likeness (QED) is 0.843. The van der Waals surface area contributed by atoms with Gasteiger partial charge in [0.1, 0.15) is 5.82 Å². The van der Waals surface area contributed by atoms with Gasteiger partial charge in [0, 0.05) is 19.4 Å². The van der Waals surface area contributed by atoms with E-state index >= 15 is 0 Å². The Kier molecular flexibility index (Phi) is 5.38. The minimum atomic E-state index is -0.148. The molecule has 1 aromatic heterocycles. The lowest BCUT2D eigenvalue weighted by Gasteiger charge is -2.21. The van der Waals surface area contributed by atoms with Crippen molar-refractivity contribution in [3.63, 3.8) is 0 Å². The average molecular weight is 369 g/mol. The van der Waals surface area contributed by atoms with E-state index in [1.165, 1.54) is 0 Å². The van der Waals surface area contributed by atoms with Crippen LogP contribution in [0.4, 0.5) is 0 Å². The van der Waals surface area contributed by atoms with Gasteiger partial charge in [0.05, 0.1) is 12.3 Å². The highest BCUT2D eigenvalue weighted by Crippen LogP contribution is 2.19. The van der Waals surface area contributed by atoms with Crippen LogP contribution < -0.4 is 11.0 Å². The largest absolute Gasteiger partial charge is 0.390 e. The maximum Gasteiger partial charge on any atom is 0.346 e. The van der Waals surface area contributed by atoms with E-state index in [4.69, 9.17) is 4.84 Å². The maximum atomic E-state index is 12.8. The van der Waals surface area contributed by atoms with Gasteiger partial charge in [-0.15, -0.1) is 0 Å². The summed E-state index contributed by atoms with van der Waals surface area (Å²) < 4.78 is 3.37. The zero-order valence-electron chi connectivity index (χ0n) is 15.8. The number of rotatable bonds is 6. The molecule has 7 heteroatoms. The molecule has 0 radical (unpaired) electrons. The van der Waals surface area contributed by atoms with Gasteiger partial charge < -0.3 is 10.2 Å². The van der Waals surface area contributed by atoms with Gasteiger partial charge in [-0.1, -0.05) is 35.5 Å². The maximum absolute atomic E-state index is 12.8. The van der Waals surface area contributed by atoms with Crippen LogP contribution in [0.5, 0.6) is 0 Å². The van der Waals surface area contributed by atoms with Crippen LogP contribution in [0.1, 0.15) is 37.6 Å². The van der Waals surface area contributed by atoms with Gasteiger partial charge in [-0.2, -0.15) is 5.10 Å². The predicted octanol–water partition coefficient (Wildman–Crippen LogP) is 1.80. The molecule has 1 N–H and O–H groups in total. The molecule has 1 saturated heterocycles. The lowest BCUT2D eigenvalue weighted by molar-refractivity contribution is 0.0687. The summed E-state index contributed by atoms with van der Waals surface area (Å²) in [5.41, 5.74) is 1.95. The Morgan fingerprint density at radius 3 is 2.74 bits per heavy atom. The molecule has 0 saturated carbocycles. The molecule has 1 unspecified atom stereocenters. The minimum Gasteiger partial charge on any atom is -0.390 e. The second-order valence-corrected chi connectivity index (χ2v) is 7.36. The van der Waals surface area contributed by atoms with E-state index in [0.717, 1.165) is 49.5 Å². The van der Waals surface area contributed by atoms with Crippen molar-refractivity contribution < 1.29 is 4.84 Å². The van der Waals surface area contributed by atoms with E-state index in [2.05, 4.69) is 15.6 Å². The van der Waals surface area contributed by atoms with E-state index in [-0.39, 0.29) is 11.8 Å². The van der Waals surface area contributed by atoms with Gasteiger partial charge >= 0.3 is 5.69 Å². The van der Waals surface area contributed by atoms with Crippen LogP contribution in [-0.4, -0.2) is 39.3 Å². The Balaban J connectivity index is 1.44. The van der Waals surface area contributed by atoms with Crippen molar-refractivity contribution >= 4 is 5.71 Å². The summed E-state index contributed by atoms with van der Waals surface area (Å²) in [6.45, 7) is 5.19. The molecule has 1 fully saturated rings. The summed E-state index contributed by atoms with van der Waals surface area (Å²) in [5.74, 6) is 1.50. The van der Waals surface area contributed by atoms with Crippen LogP contribution in [0.25, 0.3) is 0 Å². The minimum absolute atomic E-state index is 0.0433.